The van der Waals surface area contributed by atoms with Crippen molar-refractivity contribution in [3.05, 3.63) is 0 Å². The van der Waals surface area contributed by atoms with Crippen molar-refractivity contribution in [2.45, 2.75) is 39.7 Å². The second-order valence-electron chi connectivity index (χ2n) is 3.85. The molecular weight excluding hydrogens is 184 g/mol. The predicted molar refractivity (Wildman–Crippen MR) is 51.7 cm³/mol. The Morgan fingerprint density at radius 1 is 1.57 bits per heavy atom. The highest BCUT2D eigenvalue weighted by molar-refractivity contribution is 5.76. The molecule has 0 aliphatic rings. The average molecular weight is 202 g/mol. The van der Waals surface area contributed by atoms with E-state index in [2.05, 4.69) is 0 Å². The summed E-state index contributed by atoms with van der Waals surface area (Å²) in [6.45, 7) is 5.11. The second kappa shape index (κ2) is 5.75. The zero-order chi connectivity index (χ0) is 11.2. The van der Waals surface area contributed by atoms with Gasteiger partial charge in [-0.2, -0.15) is 0 Å². The minimum atomic E-state index is -0.703. The maximum absolute atomic E-state index is 11.5. The van der Waals surface area contributed by atoms with Crippen molar-refractivity contribution < 1.29 is 19.4 Å². The zero-order valence-corrected chi connectivity index (χ0v) is 8.95. The summed E-state index contributed by atoms with van der Waals surface area (Å²) in [5, 5.41) is 8.81. The van der Waals surface area contributed by atoms with Crippen LogP contribution in [0, 0.1) is 5.41 Å². The van der Waals surface area contributed by atoms with Crippen LogP contribution in [0.1, 0.15) is 33.6 Å². The number of aliphatic hydroxyl groups is 1. The minimum Gasteiger partial charge on any atom is -0.459 e. The Bertz CT molecular complexity index is 198. The van der Waals surface area contributed by atoms with Crippen molar-refractivity contribution in [3.63, 3.8) is 0 Å². The number of hydrogen-bond acceptors (Lipinski definition) is 4. The second-order valence-corrected chi connectivity index (χ2v) is 3.85. The quantitative estimate of drug-likeness (QED) is 0.513. The largest absolute Gasteiger partial charge is 0.459 e. The molecule has 4 heteroatoms. The summed E-state index contributed by atoms with van der Waals surface area (Å²) in [4.78, 5) is 21.7. The fourth-order valence-corrected chi connectivity index (χ4v) is 0.722. The molecule has 0 saturated heterocycles. The zero-order valence-electron chi connectivity index (χ0n) is 8.95. The molecule has 1 unspecified atom stereocenters. The van der Waals surface area contributed by atoms with E-state index < -0.39 is 11.5 Å². The first kappa shape index (κ1) is 13.1. The van der Waals surface area contributed by atoms with Gasteiger partial charge in [0, 0.05) is 6.42 Å². The Hall–Kier alpha value is -0.900. The first-order chi connectivity index (χ1) is 6.47. The fourth-order valence-electron chi connectivity index (χ4n) is 0.722. The number of rotatable bonds is 6. The van der Waals surface area contributed by atoms with Crippen LogP contribution in [0.25, 0.3) is 0 Å². The van der Waals surface area contributed by atoms with Gasteiger partial charge in [-0.05, 0) is 20.3 Å². The Kier molecular flexibility index (Phi) is 5.38. The molecular formula is C10H18O4. The number of carbonyl (C=O) groups is 2. The molecule has 0 saturated carbocycles. The van der Waals surface area contributed by atoms with Gasteiger partial charge in [0.05, 0.1) is 12.0 Å². The van der Waals surface area contributed by atoms with E-state index in [1.165, 1.54) is 0 Å². The molecule has 0 bridgehead atoms. The maximum atomic E-state index is 11.5. The van der Waals surface area contributed by atoms with Crippen LogP contribution in [0.5, 0.6) is 0 Å². The van der Waals surface area contributed by atoms with Crippen molar-refractivity contribution in [2.75, 3.05) is 6.61 Å². The summed E-state index contributed by atoms with van der Waals surface area (Å²) in [5.74, 6) is -0.374. The van der Waals surface area contributed by atoms with Crippen LogP contribution < -0.4 is 0 Å². The molecule has 0 radical (unpaired) electrons. The maximum Gasteiger partial charge on any atom is 0.311 e. The summed E-state index contributed by atoms with van der Waals surface area (Å²) in [7, 11) is 0. The lowest BCUT2D eigenvalue weighted by Gasteiger charge is -2.23. The molecule has 0 aliphatic heterocycles. The van der Waals surface area contributed by atoms with Gasteiger partial charge >= 0.3 is 5.97 Å². The molecule has 0 heterocycles. The molecule has 0 aromatic carbocycles. The number of aliphatic hydroxyl groups excluding tert-OH is 1. The number of ether oxygens (including phenoxy) is 1. The molecule has 0 aromatic rings. The Morgan fingerprint density at radius 2 is 2.14 bits per heavy atom. The van der Waals surface area contributed by atoms with Gasteiger partial charge in [0.25, 0.3) is 0 Å². The lowest BCUT2D eigenvalue weighted by atomic mass is 9.90. The van der Waals surface area contributed by atoms with Crippen molar-refractivity contribution in [2.24, 2.45) is 5.41 Å². The third-order valence-electron chi connectivity index (χ3n) is 2.27. The van der Waals surface area contributed by atoms with Gasteiger partial charge in [-0.1, -0.05) is 6.92 Å². The first-order valence-electron chi connectivity index (χ1n) is 4.73. The van der Waals surface area contributed by atoms with Crippen molar-refractivity contribution in [1.29, 1.82) is 0 Å². The van der Waals surface area contributed by atoms with Crippen LogP contribution in [0.3, 0.4) is 0 Å². The molecule has 0 amide bonds. The van der Waals surface area contributed by atoms with Crippen LogP contribution in [-0.2, 0) is 14.3 Å². The molecule has 1 N–H and O–H groups in total. The Balaban J connectivity index is 4.21. The van der Waals surface area contributed by atoms with Gasteiger partial charge in [0.1, 0.15) is 12.4 Å². The topological polar surface area (TPSA) is 63.6 Å². The summed E-state index contributed by atoms with van der Waals surface area (Å²) < 4.78 is 4.98. The standard InChI is InChI=1S/C10H18O4/c1-4-10(2,3)9(13)14-8(7-12)5-6-11/h6,8,12H,4-5,7H2,1-3H3. The highest BCUT2D eigenvalue weighted by Gasteiger charge is 2.29. The predicted octanol–water partition coefficient (Wildman–Crippen LogP) is 0.916. The molecule has 0 aromatic heterocycles. The van der Waals surface area contributed by atoms with E-state index in [0.29, 0.717) is 12.7 Å². The van der Waals surface area contributed by atoms with E-state index in [1.54, 1.807) is 13.8 Å². The van der Waals surface area contributed by atoms with Gasteiger partial charge in [-0.25, -0.2) is 0 Å². The van der Waals surface area contributed by atoms with Crippen molar-refractivity contribution in [1.82, 2.24) is 0 Å². The van der Waals surface area contributed by atoms with Gasteiger partial charge in [0.2, 0.25) is 0 Å². The minimum absolute atomic E-state index is 0.0437. The van der Waals surface area contributed by atoms with Gasteiger partial charge in [-0.15, -0.1) is 0 Å². The number of carbonyl (C=O) groups excluding carboxylic acids is 2. The lowest BCUT2D eigenvalue weighted by molar-refractivity contribution is -0.162. The monoisotopic (exact) mass is 202 g/mol. The van der Waals surface area contributed by atoms with E-state index in [0.717, 1.165) is 0 Å². The summed E-state index contributed by atoms with van der Waals surface area (Å²) in [5.41, 5.74) is -0.559. The number of esters is 1. The molecule has 4 nitrogen and oxygen atoms in total. The molecule has 0 fully saturated rings. The molecule has 1 atom stereocenters. The highest BCUT2D eigenvalue weighted by atomic mass is 16.6. The van der Waals surface area contributed by atoms with E-state index in [-0.39, 0.29) is 19.0 Å². The SMILES string of the molecule is CCC(C)(C)C(=O)OC(CO)CC=O. The average Bonchev–Trinajstić information content (AvgIpc) is 2.16. The van der Waals surface area contributed by atoms with E-state index in [9.17, 15) is 9.59 Å². The van der Waals surface area contributed by atoms with Gasteiger partial charge in [0.15, 0.2) is 0 Å². The highest BCUT2D eigenvalue weighted by Crippen LogP contribution is 2.22. The molecule has 0 rings (SSSR count). The van der Waals surface area contributed by atoms with Crippen LogP contribution in [0.15, 0.2) is 0 Å². The van der Waals surface area contributed by atoms with E-state index in [4.69, 9.17) is 9.84 Å². The van der Waals surface area contributed by atoms with Crippen LogP contribution in [0.4, 0.5) is 0 Å². The van der Waals surface area contributed by atoms with Gasteiger partial charge in [-0.3, -0.25) is 4.79 Å². The Labute approximate surface area is 84.3 Å². The summed E-state index contributed by atoms with van der Waals surface area (Å²) in [6.07, 6.45) is 0.631. The van der Waals surface area contributed by atoms with E-state index in [1.807, 2.05) is 6.92 Å². The summed E-state index contributed by atoms with van der Waals surface area (Å²) >= 11 is 0. The Morgan fingerprint density at radius 3 is 2.50 bits per heavy atom. The molecule has 82 valence electrons. The normalized spacial score (nSPS) is 13.4. The van der Waals surface area contributed by atoms with E-state index >= 15 is 0 Å². The molecule has 0 aliphatic carbocycles. The van der Waals surface area contributed by atoms with Crippen LogP contribution in [0.2, 0.25) is 0 Å². The summed E-state index contributed by atoms with van der Waals surface area (Å²) in [6, 6.07) is 0. The molecule has 0 spiro atoms. The first-order valence-corrected chi connectivity index (χ1v) is 4.73. The number of hydrogen-bond donors (Lipinski definition) is 1. The third-order valence-corrected chi connectivity index (χ3v) is 2.27. The van der Waals surface area contributed by atoms with Crippen molar-refractivity contribution in [3.8, 4) is 0 Å². The molecule has 14 heavy (non-hydrogen) atoms. The van der Waals surface area contributed by atoms with Gasteiger partial charge < -0.3 is 14.6 Å². The third kappa shape index (κ3) is 3.87. The van der Waals surface area contributed by atoms with Crippen LogP contribution in [-0.4, -0.2) is 30.1 Å². The van der Waals surface area contributed by atoms with Crippen LogP contribution >= 0.6 is 0 Å². The number of aldehydes is 1. The lowest BCUT2D eigenvalue weighted by Crippen LogP contribution is -2.31. The van der Waals surface area contributed by atoms with Crippen molar-refractivity contribution >= 4 is 12.3 Å². The smallest absolute Gasteiger partial charge is 0.311 e. The fraction of sp³-hybridized carbons (Fsp3) is 0.800.